The van der Waals surface area contributed by atoms with Gasteiger partial charge in [-0.25, -0.2) is 13.6 Å². The third-order valence-corrected chi connectivity index (χ3v) is 4.86. The number of benzene rings is 1. The smallest absolute Gasteiger partial charge is 0.312 e. The molecule has 0 bridgehead atoms. The van der Waals surface area contributed by atoms with Gasteiger partial charge in [0.2, 0.25) is 0 Å². The zero-order chi connectivity index (χ0) is 19.2. The molecule has 2 amide bonds. The standard InChI is InChI=1S/C20H20F2N4O/c1-13-8-10-26(25-13)12-15-5-6-16-17(11-15)23-18(27)24-20(16,19(2,21)22)9-7-14-3-4-14/h5-6,8,10-11,14H,3-4,12H2,1-2H3,(H2,23,24,27)/t20-/m0/s1. The van der Waals surface area contributed by atoms with Gasteiger partial charge in [0, 0.05) is 30.3 Å². The van der Waals surface area contributed by atoms with Crippen LogP contribution in [-0.2, 0) is 12.1 Å². The fraction of sp³-hybridized carbons (Fsp3) is 0.400. The highest BCUT2D eigenvalue weighted by Crippen LogP contribution is 2.43. The summed E-state index contributed by atoms with van der Waals surface area (Å²) < 4.78 is 31.1. The average Bonchev–Trinajstić information content (AvgIpc) is 3.32. The van der Waals surface area contributed by atoms with E-state index in [0.29, 0.717) is 12.2 Å². The maximum Gasteiger partial charge on any atom is 0.320 e. The van der Waals surface area contributed by atoms with Crippen LogP contribution in [0.25, 0.3) is 0 Å². The lowest BCUT2D eigenvalue weighted by atomic mass is 9.81. The first-order valence-electron chi connectivity index (χ1n) is 8.90. The van der Waals surface area contributed by atoms with E-state index in [1.807, 2.05) is 19.2 Å². The van der Waals surface area contributed by atoms with Crippen LogP contribution in [0.3, 0.4) is 0 Å². The normalized spacial score (nSPS) is 21.6. The molecule has 5 nitrogen and oxygen atoms in total. The van der Waals surface area contributed by atoms with Crippen LogP contribution in [0, 0.1) is 24.7 Å². The maximum absolute atomic E-state index is 14.7. The zero-order valence-electron chi connectivity index (χ0n) is 15.1. The summed E-state index contributed by atoms with van der Waals surface area (Å²) in [5.41, 5.74) is 0.344. The molecule has 1 saturated carbocycles. The number of amides is 2. The van der Waals surface area contributed by atoms with Crippen LogP contribution in [-0.4, -0.2) is 21.7 Å². The number of alkyl halides is 2. The van der Waals surface area contributed by atoms with Crippen molar-refractivity contribution >= 4 is 11.7 Å². The molecule has 27 heavy (non-hydrogen) atoms. The molecule has 1 aromatic carbocycles. The summed E-state index contributed by atoms with van der Waals surface area (Å²) in [5, 5.41) is 9.36. The van der Waals surface area contributed by atoms with Gasteiger partial charge in [-0.05, 0) is 37.5 Å². The van der Waals surface area contributed by atoms with Gasteiger partial charge in [0.25, 0.3) is 5.92 Å². The van der Waals surface area contributed by atoms with Gasteiger partial charge in [-0.3, -0.25) is 4.68 Å². The van der Waals surface area contributed by atoms with E-state index in [4.69, 9.17) is 0 Å². The van der Waals surface area contributed by atoms with Crippen molar-refractivity contribution in [2.75, 3.05) is 5.32 Å². The first-order valence-corrected chi connectivity index (χ1v) is 8.90. The Hall–Kier alpha value is -2.88. The largest absolute Gasteiger partial charge is 0.320 e. The van der Waals surface area contributed by atoms with Gasteiger partial charge in [-0.15, -0.1) is 0 Å². The van der Waals surface area contributed by atoms with Crippen molar-refractivity contribution in [3.8, 4) is 11.8 Å². The fourth-order valence-electron chi connectivity index (χ4n) is 3.24. The predicted octanol–water partition coefficient (Wildman–Crippen LogP) is 3.64. The first kappa shape index (κ1) is 17.5. The SMILES string of the molecule is Cc1ccn(Cc2ccc3c(c2)NC(=O)N[C@]3(C#CC2CC2)C(C)(F)F)n1. The number of anilines is 1. The minimum Gasteiger partial charge on any atom is -0.312 e. The number of rotatable bonds is 3. The number of hydrogen-bond donors (Lipinski definition) is 2. The van der Waals surface area contributed by atoms with Crippen LogP contribution in [0.4, 0.5) is 19.3 Å². The lowest BCUT2D eigenvalue weighted by Crippen LogP contribution is -2.59. The fourth-order valence-corrected chi connectivity index (χ4v) is 3.24. The van der Waals surface area contributed by atoms with Gasteiger partial charge in [-0.2, -0.15) is 5.10 Å². The second-order valence-corrected chi connectivity index (χ2v) is 7.30. The highest BCUT2D eigenvalue weighted by molar-refractivity contribution is 5.95. The maximum atomic E-state index is 14.7. The zero-order valence-corrected chi connectivity index (χ0v) is 15.1. The number of nitrogens with one attached hydrogen (secondary N) is 2. The molecule has 1 aromatic heterocycles. The van der Waals surface area contributed by atoms with Gasteiger partial charge in [0.15, 0.2) is 5.54 Å². The summed E-state index contributed by atoms with van der Waals surface area (Å²) in [6, 6.07) is 6.31. The number of aromatic nitrogens is 2. The number of halogens is 2. The second-order valence-electron chi connectivity index (χ2n) is 7.30. The number of carbonyl (C=O) groups is 1. The molecule has 2 N–H and O–H groups in total. The Morgan fingerprint density at radius 2 is 2.15 bits per heavy atom. The van der Waals surface area contributed by atoms with E-state index in [0.717, 1.165) is 31.0 Å². The van der Waals surface area contributed by atoms with Crippen molar-refractivity contribution in [3.05, 3.63) is 47.3 Å². The second kappa shape index (κ2) is 6.08. The van der Waals surface area contributed by atoms with Crippen molar-refractivity contribution in [1.29, 1.82) is 0 Å². The predicted molar refractivity (Wildman–Crippen MR) is 97.5 cm³/mol. The Balaban J connectivity index is 1.76. The number of fused-ring (bicyclic) bond motifs is 1. The van der Waals surface area contributed by atoms with E-state index < -0.39 is 17.5 Å². The minimum absolute atomic E-state index is 0.141. The van der Waals surface area contributed by atoms with Gasteiger partial charge >= 0.3 is 6.03 Å². The molecule has 4 rings (SSSR count). The molecule has 7 heteroatoms. The molecular formula is C20H20F2N4O. The number of carbonyl (C=O) groups excluding carboxylic acids is 1. The summed E-state index contributed by atoms with van der Waals surface area (Å²) in [7, 11) is 0. The number of nitrogens with zero attached hydrogens (tertiary/aromatic N) is 2. The minimum atomic E-state index is -3.25. The molecule has 1 atom stereocenters. The Bertz CT molecular complexity index is 962. The molecule has 2 heterocycles. The molecular weight excluding hydrogens is 350 g/mol. The molecule has 0 radical (unpaired) electrons. The Morgan fingerprint density at radius 1 is 1.37 bits per heavy atom. The van der Waals surface area contributed by atoms with Crippen LogP contribution in [0.1, 0.15) is 36.6 Å². The average molecular weight is 370 g/mol. The van der Waals surface area contributed by atoms with E-state index in [1.165, 1.54) is 0 Å². The third kappa shape index (κ3) is 3.27. The molecule has 1 aliphatic heterocycles. The van der Waals surface area contributed by atoms with Crippen molar-refractivity contribution < 1.29 is 13.6 Å². The Kier molecular flexibility index (Phi) is 3.95. The van der Waals surface area contributed by atoms with E-state index in [2.05, 4.69) is 27.6 Å². The van der Waals surface area contributed by atoms with Crippen LogP contribution in [0.5, 0.6) is 0 Å². The van der Waals surface area contributed by atoms with Gasteiger partial charge < -0.3 is 10.6 Å². The van der Waals surface area contributed by atoms with Crippen molar-refractivity contribution in [2.24, 2.45) is 5.92 Å². The van der Waals surface area contributed by atoms with Crippen molar-refractivity contribution in [1.82, 2.24) is 15.1 Å². The molecule has 1 fully saturated rings. The van der Waals surface area contributed by atoms with Gasteiger partial charge in [0.1, 0.15) is 0 Å². The van der Waals surface area contributed by atoms with Gasteiger partial charge in [0.05, 0.1) is 12.2 Å². The van der Waals surface area contributed by atoms with E-state index in [-0.39, 0.29) is 11.5 Å². The Labute approximate surface area is 156 Å². The lowest BCUT2D eigenvalue weighted by molar-refractivity contribution is -0.0464. The molecule has 1 aliphatic carbocycles. The Morgan fingerprint density at radius 3 is 2.78 bits per heavy atom. The first-order chi connectivity index (χ1) is 12.8. The summed E-state index contributed by atoms with van der Waals surface area (Å²) in [4.78, 5) is 12.2. The monoisotopic (exact) mass is 370 g/mol. The summed E-state index contributed by atoms with van der Waals surface area (Å²) in [6.45, 7) is 3.17. The molecule has 0 saturated heterocycles. The highest BCUT2D eigenvalue weighted by atomic mass is 19.3. The van der Waals surface area contributed by atoms with Crippen LogP contribution >= 0.6 is 0 Å². The molecule has 0 spiro atoms. The molecule has 2 aliphatic rings. The van der Waals surface area contributed by atoms with E-state index in [9.17, 15) is 13.6 Å². The summed E-state index contributed by atoms with van der Waals surface area (Å²) in [5.74, 6) is 2.50. The van der Waals surface area contributed by atoms with Crippen molar-refractivity contribution in [2.45, 2.75) is 44.7 Å². The van der Waals surface area contributed by atoms with Crippen LogP contribution in [0.2, 0.25) is 0 Å². The summed E-state index contributed by atoms with van der Waals surface area (Å²) >= 11 is 0. The number of hydrogen-bond acceptors (Lipinski definition) is 2. The lowest BCUT2D eigenvalue weighted by Gasteiger charge is -2.40. The number of urea groups is 1. The topological polar surface area (TPSA) is 59.0 Å². The highest BCUT2D eigenvalue weighted by Gasteiger charge is 2.55. The molecule has 140 valence electrons. The van der Waals surface area contributed by atoms with E-state index in [1.54, 1.807) is 22.9 Å². The summed E-state index contributed by atoms with van der Waals surface area (Å²) in [6.07, 6.45) is 3.68. The van der Waals surface area contributed by atoms with E-state index >= 15 is 0 Å². The van der Waals surface area contributed by atoms with Crippen LogP contribution in [0.15, 0.2) is 30.5 Å². The van der Waals surface area contributed by atoms with Crippen LogP contribution < -0.4 is 10.6 Å². The number of aryl methyl sites for hydroxylation is 1. The van der Waals surface area contributed by atoms with Crippen molar-refractivity contribution in [3.63, 3.8) is 0 Å². The third-order valence-electron chi connectivity index (χ3n) is 4.86. The quantitative estimate of drug-likeness (QED) is 0.811. The molecule has 0 unspecified atom stereocenters. The molecule has 2 aromatic rings. The van der Waals surface area contributed by atoms with Gasteiger partial charge in [-0.1, -0.05) is 24.0 Å².